The van der Waals surface area contributed by atoms with E-state index >= 15 is 0 Å². The van der Waals surface area contributed by atoms with Gasteiger partial charge in [-0.1, -0.05) is 12.1 Å². The van der Waals surface area contributed by atoms with Crippen LogP contribution in [0.1, 0.15) is 46.2 Å². The number of amides is 1. The molecule has 4 heteroatoms. The first-order valence-corrected chi connectivity index (χ1v) is 6.98. The SMILES string of the molecule is CCOc1ccc(C(C)NC(=O)COC(C)(C)C)cc1. The van der Waals surface area contributed by atoms with Crippen molar-refractivity contribution < 1.29 is 14.3 Å². The van der Waals surface area contributed by atoms with Gasteiger partial charge in [0.25, 0.3) is 0 Å². The summed E-state index contributed by atoms with van der Waals surface area (Å²) in [5.74, 6) is 0.729. The highest BCUT2D eigenvalue weighted by molar-refractivity contribution is 5.77. The largest absolute Gasteiger partial charge is 0.494 e. The Kier molecular flexibility index (Phi) is 6.02. The van der Waals surface area contributed by atoms with Crippen molar-refractivity contribution in [1.82, 2.24) is 5.32 Å². The standard InChI is InChI=1S/C16H25NO3/c1-6-19-14-9-7-13(8-10-14)12(2)17-15(18)11-20-16(3,4)5/h7-10,12H,6,11H2,1-5H3,(H,17,18). The number of ether oxygens (including phenoxy) is 2. The van der Waals surface area contributed by atoms with Crippen LogP contribution in [0.2, 0.25) is 0 Å². The Balaban J connectivity index is 2.49. The third-order valence-electron chi connectivity index (χ3n) is 2.70. The van der Waals surface area contributed by atoms with E-state index < -0.39 is 0 Å². The minimum atomic E-state index is -0.306. The van der Waals surface area contributed by atoms with E-state index in [2.05, 4.69) is 5.32 Å². The Hall–Kier alpha value is -1.55. The summed E-state index contributed by atoms with van der Waals surface area (Å²) in [4.78, 5) is 11.8. The molecule has 0 aliphatic rings. The molecule has 1 atom stereocenters. The maximum atomic E-state index is 11.8. The summed E-state index contributed by atoms with van der Waals surface area (Å²) < 4.78 is 10.8. The average molecular weight is 279 g/mol. The van der Waals surface area contributed by atoms with Crippen molar-refractivity contribution in [2.24, 2.45) is 0 Å². The average Bonchev–Trinajstić information content (AvgIpc) is 2.37. The molecule has 112 valence electrons. The molecule has 0 saturated carbocycles. The number of carbonyl (C=O) groups is 1. The number of carbonyl (C=O) groups excluding carboxylic acids is 1. The molecule has 0 aliphatic heterocycles. The van der Waals surface area contributed by atoms with Crippen LogP contribution in [0, 0.1) is 0 Å². The minimum absolute atomic E-state index is 0.0539. The molecule has 1 aromatic rings. The number of hydrogen-bond donors (Lipinski definition) is 1. The van der Waals surface area contributed by atoms with Crippen LogP contribution in [-0.2, 0) is 9.53 Å². The highest BCUT2D eigenvalue weighted by Crippen LogP contribution is 2.17. The first-order valence-electron chi connectivity index (χ1n) is 6.98. The summed E-state index contributed by atoms with van der Waals surface area (Å²) >= 11 is 0. The molecule has 1 aromatic carbocycles. The van der Waals surface area contributed by atoms with E-state index in [1.807, 2.05) is 58.9 Å². The summed E-state index contributed by atoms with van der Waals surface area (Å²) in [6, 6.07) is 7.68. The number of benzene rings is 1. The van der Waals surface area contributed by atoms with Crippen molar-refractivity contribution >= 4 is 5.91 Å². The molecule has 1 rings (SSSR count). The van der Waals surface area contributed by atoms with Gasteiger partial charge in [-0.15, -0.1) is 0 Å². The molecule has 0 saturated heterocycles. The zero-order chi connectivity index (χ0) is 15.2. The van der Waals surface area contributed by atoms with E-state index in [-0.39, 0.29) is 24.2 Å². The Morgan fingerprint density at radius 2 is 1.85 bits per heavy atom. The van der Waals surface area contributed by atoms with Crippen molar-refractivity contribution in [3.8, 4) is 5.75 Å². The van der Waals surface area contributed by atoms with Crippen LogP contribution in [-0.4, -0.2) is 24.7 Å². The van der Waals surface area contributed by atoms with Crippen LogP contribution >= 0.6 is 0 Å². The number of hydrogen-bond acceptors (Lipinski definition) is 3. The highest BCUT2D eigenvalue weighted by atomic mass is 16.5. The second-order valence-electron chi connectivity index (χ2n) is 5.69. The number of nitrogens with one attached hydrogen (secondary N) is 1. The summed E-state index contributed by atoms with van der Waals surface area (Å²) in [6.07, 6.45) is 0. The Morgan fingerprint density at radius 3 is 2.35 bits per heavy atom. The van der Waals surface area contributed by atoms with E-state index in [4.69, 9.17) is 9.47 Å². The zero-order valence-electron chi connectivity index (χ0n) is 13.0. The van der Waals surface area contributed by atoms with Gasteiger partial charge < -0.3 is 14.8 Å². The van der Waals surface area contributed by atoms with Crippen molar-refractivity contribution in [2.45, 2.75) is 46.3 Å². The highest BCUT2D eigenvalue weighted by Gasteiger charge is 2.15. The molecule has 0 aliphatic carbocycles. The Labute approximate surface area is 121 Å². The van der Waals surface area contributed by atoms with Crippen molar-refractivity contribution in [3.63, 3.8) is 0 Å². The third kappa shape index (κ3) is 6.06. The lowest BCUT2D eigenvalue weighted by atomic mass is 10.1. The van der Waals surface area contributed by atoms with Crippen LogP contribution in [0.4, 0.5) is 0 Å². The summed E-state index contributed by atoms with van der Waals surface area (Å²) in [5.41, 5.74) is 0.734. The van der Waals surface area contributed by atoms with Crippen LogP contribution in [0.25, 0.3) is 0 Å². The lowest BCUT2D eigenvalue weighted by Crippen LogP contribution is -2.33. The molecule has 0 bridgehead atoms. The molecule has 0 aromatic heterocycles. The molecular formula is C16H25NO3. The molecule has 0 spiro atoms. The molecule has 0 radical (unpaired) electrons. The fourth-order valence-electron chi connectivity index (χ4n) is 1.67. The van der Waals surface area contributed by atoms with Gasteiger partial charge >= 0.3 is 0 Å². The topological polar surface area (TPSA) is 47.6 Å². The van der Waals surface area contributed by atoms with Crippen LogP contribution < -0.4 is 10.1 Å². The predicted octanol–water partition coefficient (Wildman–Crippen LogP) is 3.08. The maximum Gasteiger partial charge on any atom is 0.246 e. The van der Waals surface area contributed by atoms with E-state index in [1.54, 1.807) is 0 Å². The second-order valence-corrected chi connectivity index (χ2v) is 5.69. The van der Waals surface area contributed by atoms with Gasteiger partial charge in [-0.2, -0.15) is 0 Å². The Bertz CT molecular complexity index is 420. The number of rotatable bonds is 6. The molecule has 0 heterocycles. The van der Waals surface area contributed by atoms with E-state index in [9.17, 15) is 4.79 Å². The van der Waals surface area contributed by atoms with Gasteiger partial charge in [-0.25, -0.2) is 0 Å². The summed E-state index contributed by atoms with van der Waals surface area (Å²) in [7, 11) is 0. The smallest absolute Gasteiger partial charge is 0.246 e. The van der Waals surface area contributed by atoms with Gasteiger partial charge in [0, 0.05) is 0 Å². The van der Waals surface area contributed by atoms with Crippen LogP contribution in [0.3, 0.4) is 0 Å². The molecular weight excluding hydrogens is 254 g/mol. The van der Waals surface area contributed by atoms with E-state index in [0.717, 1.165) is 11.3 Å². The molecule has 1 unspecified atom stereocenters. The quantitative estimate of drug-likeness (QED) is 0.870. The van der Waals surface area contributed by atoms with Crippen LogP contribution in [0.5, 0.6) is 5.75 Å². The van der Waals surface area contributed by atoms with Crippen molar-refractivity contribution in [1.29, 1.82) is 0 Å². The molecule has 1 amide bonds. The molecule has 20 heavy (non-hydrogen) atoms. The lowest BCUT2D eigenvalue weighted by molar-refractivity contribution is -0.131. The monoisotopic (exact) mass is 279 g/mol. The maximum absolute atomic E-state index is 11.8. The van der Waals surface area contributed by atoms with Gasteiger partial charge in [0.2, 0.25) is 5.91 Å². The molecule has 0 fully saturated rings. The van der Waals surface area contributed by atoms with Gasteiger partial charge in [0.15, 0.2) is 0 Å². The Morgan fingerprint density at radius 1 is 1.25 bits per heavy atom. The first kappa shape index (κ1) is 16.5. The normalized spacial score (nSPS) is 12.8. The van der Waals surface area contributed by atoms with E-state index in [1.165, 1.54) is 0 Å². The summed E-state index contributed by atoms with van der Waals surface area (Å²) in [6.45, 7) is 10.4. The van der Waals surface area contributed by atoms with Gasteiger partial charge in [-0.05, 0) is 52.3 Å². The third-order valence-corrected chi connectivity index (χ3v) is 2.70. The fourth-order valence-corrected chi connectivity index (χ4v) is 1.67. The lowest BCUT2D eigenvalue weighted by Gasteiger charge is -2.20. The predicted molar refractivity (Wildman–Crippen MR) is 79.9 cm³/mol. The molecule has 1 N–H and O–H groups in total. The van der Waals surface area contributed by atoms with Gasteiger partial charge in [-0.3, -0.25) is 4.79 Å². The van der Waals surface area contributed by atoms with Crippen molar-refractivity contribution in [2.75, 3.05) is 13.2 Å². The minimum Gasteiger partial charge on any atom is -0.494 e. The van der Waals surface area contributed by atoms with Crippen LogP contribution in [0.15, 0.2) is 24.3 Å². The van der Waals surface area contributed by atoms with Gasteiger partial charge in [0.05, 0.1) is 18.2 Å². The molecule has 4 nitrogen and oxygen atoms in total. The van der Waals surface area contributed by atoms with E-state index in [0.29, 0.717) is 6.61 Å². The van der Waals surface area contributed by atoms with Crippen molar-refractivity contribution in [3.05, 3.63) is 29.8 Å². The fraction of sp³-hybridized carbons (Fsp3) is 0.562. The second kappa shape index (κ2) is 7.29. The van der Waals surface area contributed by atoms with Gasteiger partial charge in [0.1, 0.15) is 12.4 Å². The first-order chi connectivity index (χ1) is 9.31. The summed E-state index contributed by atoms with van der Waals surface area (Å²) in [5, 5.41) is 2.92. The zero-order valence-corrected chi connectivity index (χ0v) is 13.0.